The van der Waals surface area contributed by atoms with Gasteiger partial charge in [0.2, 0.25) is 10.0 Å². The quantitative estimate of drug-likeness (QED) is 0.308. The van der Waals surface area contributed by atoms with Crippen LogP contribution in [0.15, 0.2) is 40.7 Å². The minimum atomic E-state index is -3.72. The Balaban J connectivity index is 3.18. The maximum Gasteiger partial charge on any atom is 0.411 e. The number of ether oxygens (including phenoxy) is 1. The van der Waals surface area contributed by atoms with E-state index in [2.05, 4.69) is 16.6 Å². The van der Waals surface area contributed by atoms with E-state index in [1.54, 1.807) is 46.8 Å². The Kier molecular flexibility index (Phi) is 11.3. The van der Waals surface area contributed by atoms with Gasteiger partial charge >= 0.3 is 6.09 Å². The van der Waals surface area contributed by atoms with Crippen molar-refractivity contribution in [1.29, 1.82) is 0 Å². The number of nitrogens with one attached hydrogen (secondary N) is 2. The zero-order valence-corrected chi connectivity index (χ0v) is 23.1. The summed E-state index contributed by atoms with van der Waals surface area (Å²) in [6.45, 7) is 16.6. The Morgan fingerprint density at radius 3 is 2.18 bits per heavy atom. The van der Waals surface area contributed by atoms with Crippen LogP contribution in [0.25, 0.3) is 0 Å². The molecule has 0 aliphatic carbocycles. The number of nitrogens with zero attached hydrogens (tertiary/aromatic N) is 1. The number of nitrogens with two attached hydrogens (primary N) is 1. The fraction of sp³-hybridized carbons (Fsp3) is 0.583. The van der Waals surface area contributed by atoms with Gasteiger partial charge in [0.15, 0.2) is 0 Å². The molecule has 0 heterocycles. The Morgan fingerprint density at radius 2 is 1.74 bits per heavy atom. The second kappa shape index (κ2) is 12.7. The third kappa shape index (κ3) is 10.2. The molecule has 34 heavy (non-hydrogen) atoms. The topological polar surface area (TPSA) is 123 Å². The molecular weight excluding hydrogens is 472 g/mol. The van der Waals surface area contributed by atoms with Crippen LogP contribution in [0.1, 0.15) is 60.5 Å². The summed E-state index contributed by atoms with van der Waals surface area (Å²) in [5.41, 5.74) is 6.99. The minimum Gasteiger partial charge on any atom is -0.447 e. The van der Waals surface area contributed by atoms with E-state index >= 15 is 0 Å². The van der Waals surface area contributed by atoms with Gasteiger partial charge in [-0.15, -0.1) is 11.8 Å². The molecule has 0 fully saturated rings. The average Bonchev–Trinajstić information content (AvgIpc) is 2.68. The summed E-state index contributed by atoms with van der Waals surface area (Å²) >= 11 is 1.46. The van der Waals surface area contributed by atoms with Gasteiger partial charge in [0.25, 0.3) is 0 Å². The predicted molar refractivity (Wildman–Crippen MR) is 144 cm³/mol. The molecule has 0 aliphatic rings. The maximum absolute atomic E-state index is 12.8. The number of thioether (sulfide) groups is 1. The second-order valence-corrected chi connectivity index (χ2v) is 12.3. The van der Waals surface area contributed by atoms with Crippen LogP contribution in [0.2, 0.25) is 0 Å². The molecule has 4 N–H and O–H groups in total. The molecule has 3 atom stereocenters. The highest BCUT2D eigenvalue weighted by Crippen LogP contribution is 2.25. The highest BCUT2D eigenvalue weighted by atomic mass is 32.2. The van der Waals surface area contributed by atoms with E-state index in [0.29, 0.717) is 5.69 Å². The Labute approximate surface area is 209 Å². The molecular formula is C24H40N4O4S2. The summed E-state index contributed by atoms with van der Waals surface area (Å²) in [5, 5.41) is 3.42. The number of aliphatic imine (C=N–C) groups is 1. The molecule has 0 spiro atoms. The number of carbonyl (C=O) groups is 1. The average molecular weight is 513 g/mol. The van der Waals surface area contributed by atoms with Crippen molar-refractivity contribution in [1.82, 2.24) is 4.72 Å². The van der Waals surface area contributed by atoms with Crippen LogP contribution in [0.5, 0.6) is 0 Å². The van der Waals surface area contributed by atoms with E-state index in [0.717, 1.165) is 10.6 Å². The third-order valence-electron chi connectivity index (χ3n) is 4.89. The number of hydrogen-bond acceptors (Lipinski definition) is 7. The normalized spacial score (nSPS) is 15.5. The molecule has 1 amide bonds. The van der Waals surface area contributed by atoms with Gasteiger partial charge in [-0.25, -0.2) is 17.9 Å². The maximum atomic E-state index is 12.8. The number of sulfonamides is 1. The SMILES string of the molecule is C=C(C[C@@H](N=C(SC)c1ccc(NC(=O)OC(C)C)cc1)[C@H](C)C(C)N)S(=O)(=O)NC(C)(C)C. The first-order chi connectivity index (χ1) is 15.6. The summed E-state index contributed by atoms with van der Waals surface area (Å²) in [6, 6.07) is 6.65. The van der Waals surface area contributed by atoms with Crippen molar-refractivity contribution in [3.05, 3.63) is 41.3 Å². The van der Waals surface area contributed by atoms with Crippen LogP contribution >= 0.6 is 11.8 Å². The largest absolute Gasteiger partial charge is 0.447 e. The van der Waals surface area contributed by atoms with Gasteiger partial charge in [0.05, 0.1) is 22.1 Å². The first-order valence-corrected chi connectivity index (χ1v) is 13.9. The molecule has 0 bridgehead atoms. The molecule has 0 aromatic heterocycles. The van der Waals surface area contributed by atoms with Gasteiger partial charge in [0, 0.05) is 29.3 Å². The van der Waals surface area contributed by atoms with Crippen molar-refractivity contribution in [3.63, 3.8) is 0 Å². The van der Waals surface area contributed by atoms with Crippen molar-refractivity contribution in [2.45, 2.75) is 78.6 Å². The van der Waals surface area contributed by atoms with E-state index in [4.69, 9.17) is 15.5 Å². The van der Waals surface area contributed by atoms with E-state index < -0.39 is 21.7 Å². The highest BCUT2D eigenvalue weighted by molar-refractivity contribution is 8.13. The Hall–Kier alpha value is -1.88. The van der Waals surface area contributed by atoms with Crippen LogP contribution in [0.3, 0.4) is 0 Å². The van der Waals surface area contributed by atoms with E-state index in [-0.39, 0.29) is 35.4 Å². The van der Waals surface area contributed by atoms with Crippen molar-refractivity contribution in [2.75, 3.05) is 11.6 Å². The molecule has 8 nitrogen and oxygen atoms in total. The number of amides is 1. The lowest BCUT2D eigenvalue weighted by Gasteiger charge is -2.27. The van der Waals surface area contributed by atoms with Crippen molar-refractivity contribution in [3.8, 4) is 0 Å². The van der Waals surface area contributed by atoms with Crippen LogP contribution < -0.4 is 15.8 Å². The lowest BCUT2D eigenvalue weighted by Crippen LogP contribution is -2.42. The van der Waals surface area contributed by atoms with Gasteiger partial charge in [0.1, 0.15) is 0 Å². The summed E-state index contributed by atoms with van der Waals surface area (Å²) in [4.78, 5) is 16.8. The number of benzene rings is 1. The molecule has 10 heteroatoms. The standard InChI is InChI=1S/C24H40N4O4S2/c1-15(2)32-23(29)26-20-12-10-19(11-13-20)22(33-9)27-21(17(4)18(5)25)14-16(3)34(30,31)28-24(6,7)8/h10-13,15,17-18,21,28H,3,14,25H2,1-2,4-9H3,(H,26,29)/t17-,18?,21-/m1/s1. The van der Waals surface area contributed by atoms with E-state index in [1.165, 1.54) is 11.8 Å². The van der Waals surface area contributed by atoms with Gasteiger partial charge in [-0.05, 0) is 65.8 Å². The highest BCUT2D eigenvalue weighted by Gasteiger charge is 2.28. The lowest BCUT2D eigenvalue weighted by molar-refractivity contribution is 0.130. The summed E-state index contributed by atoms with van der Waals surface area (Å²) < 4.78 is 33.2. The van der Waals surface area contributed by atoms with Crippen LogP contribution in [-0.2, 0) is 14.8 Å². The van der Waals surface area contributed by atoms with Crippen LogP contribution in [0, 0.1) is 5.92 Å². The van der Waals surface area contributed by atoms with Crippen molar-refractivity contribution in [2.24, 2.45) is 16.6 Å². The van der Waals surface area contributed by atoms with Gasteiger partial charge < -0.3 is 10.5 Å². The number of hydrogen-bond donors (Lipinski definition) is 3. The number of carbonyl (C=O) groups excluding carboxylic acids is 1. The molecule has 0 saturated heterocycles. The fourth-order valence-electron chi connectivity index (χ4n) is 2.97. The zero-order chi connectivity index (χ0) is 26.3. The summed E-state index contributed by atoms with van der Waals surface area (Å²) in [6.07, 6.45) is 1.33. The first kappa shape index (κ1) is 30.2. The number of rotatable bonds is 10. The Morgan fingerprint density at radius 1 is 1.18 bits per heavy atom. The monoisotopic (exact) mass is 512 g/mol. The number of anilines is 1. The van der Waals surface area contributed by atoms with Crippen molar-refractivity contribution >= 4 is 38.6 Å². The molecule has 1 unspecified atom stereocenters. The molecule has 192 valence electrons. The second-order valence-electron chi connectivity index (χ2n) is 9.68. The molecule has 1 aromatic carbocycles. The predicted octanol–water partition coefficient (Wildman–Crippen LogP) is 4.73. The van der Waals surface area contributed by atoms with E-state index in [9.17, 15) is 13.2 Å². The van der Waals surface area contributed by atoms with Crippen LogP contribution in [0.4, 0.5) is 10.5 Å². The van der Waals surface area contributed by atoms with Crippen LogP contribution in [-0.4, -0.2) is 49.5 Å². The third-order valence-corrected chi connectivity index (χ3v) is 7.43. The minimum absolute atomic E-state index is 0.0762. The molecule has 0 saturated carbocycles. The summed E-state index contributed by atoms with van der Waals surface area (Å²) in [5.74, 6) is -0.0875. The smallest absolute Gasteiger partial charge is 0.411 e. The lowest BCUT2D eigenvalue weighted by atomic mass is 9.93. The Bertz CT molecular complexity index is 966. The van der Waals surface area contributed by atoms with Gasteiger partial charge in [-0.1, -0.05) is 25.6 Å². The first-order valence-electron chi connectivity index (χ1n) is 11.2. The molecule has 1 aromatic rings. The van der Waals surface area contributed by atoms with E-state index in [1.807, 2.05) is 32.2 Å². The fourth-order valence-corrected chi connectivity index (χ4v) is 4.92. The van der Waals surface area contributed by atoms with Gasteiger partial charge in [-0.2, -0.15) is 0 Å². The zero-order valence-electron chi connectivity index (χ0n) is 21.5. The molecule has 0 radical (unpaired) electrons. The van der Waals surface area contributed by atoms with Gasteiger partial charge in [-0.3, -0.25) is 10.3 Å². The molecule has 1 rings (SSSR count). The summed E-state index contributed by atoms with van der Waals surface area (Å²) in [7, 11) is -3.72. The van der Waals surface area contributed by atoms with Crippen molar-refractivity contribution < 1.29 is 17.9 Å². The molecule has 0 aliphatic heterocycles.